The number of carbonyl (C=O) groups excluding carboxylic acids is 1. The van der Waals surface area contributed by atoms with E-state index in [4.69, 9.17) is 9.84 Å². The van der Waals surface area contributed by atoms with E-state index in [1.807, 2.05) is 24.3 Å². The first-order valence-corrected chi connectivity index (χ1v) is 6.87. The van der Waals surface area contributed by atoms with Crippen LogP contribution >= 0.6 is 0 Å². The second kappa shape index (κ2) is 6.57. The number of aliphatic hydroxyl groups excluding tert-OH is 1. The van der Waals surface area contributed by atoms with Gasteiger partial charge in [0.05, 0.1) is 6.61 Å². The first-order valence-electron chi connectivity index (χ1n) is 6.87. The van der Waals surface area contributed by atoms with E-state index in [-0.39, 0.29) is 19.1 Å². The van der Waals surface area contributed by atoms with Crippen molar-refractivity contribution in [3.63, 3.8) is 0 Å². The second-order valence-corrected chi connectivity index (χ2v) is 4.79. The fourth-order valence-electron chi connectivity index (χ4n) is 2.16. The molecule has 1 N–H and O–H groups in total. The van der Waals surface area contributed by atoms with E-state index in [9.17, 15) is 4.79 Å². The van der Waals surface area contributed by atoms with E-state index >= 15 is 0 Å². The van der Waals surface area contributed by atoms with Gasteiger partial charge in [0.2, 0.25) is 0 Å². The molecule has 0 radical (unpaired) electrons. The number of rotatable bonds is 7. The summed E-state index contributed by atoms with van der Waals surface area (Å²) in [6.45, 7) is 2.52. The Kier molecular flexibility index (Phi) is 4.80. The normalized spacial score (nSPS) is 14.2. The average Bonchev–Trinajstić information content (AvgIpc) is 3.27. The number of hydrogen-bond donors (Lipinski definition) is 1. The first-order chi connectivity index (χ1) is 9.26. The van der Waals surface area contributed by atoms with Crippen molar-refractivity contribution in [3.8, 4) is 5.75 Å². The number of nitrogens with zero attached hydrogens (tertiary/aromatic N) is 1. The van der Waals surface area contributed by atoms with Crippen LogP contribution in [0.4, 0.5) is 0 Å². The summed E-state index contributed by atoms with van der Waals surface area (Å²) in [4.78, 5) is 13.8. The maximum atomic E-state index is 12.1. The van der Waals surface area contributed by atoms with Gasteiger partial charge in [0.15, 0.2) is 6.61 Å². The molecule has 1 amide bonds. The second-order valence-electron chi connectivity index (χ2n) is 4.79. The average molecular weight is 263 g/mol. The van der Waals surface area contributed by atoms with Gasteiger partial charge in [-0.1, -0.05) is 25.1 Å². The lowest BCUT2D eigenvalue weighted by atomic mass is 10.1. The molecule has 0 atom stereocenters. The number of hydrogen-bond acceptors (Lipinski definition) is 3. The van der Waals surface area contributed by atoms with E-state index < -0.39 is 0 Å². The smallest absolute Gasteiger partial charge is 0.260 e. The Hall–Kier alpha value is -1.55. The summed E-state index contributed by atoms with van der Waals surface area (Å²) in [6, 6.07) is 8.08. The van der Waals surface area contributed by atoms with Gasteiger partial charge >= 0.3 is 0 Å². The minimum absolute atomic E-state index is 0.00773. The predicted molar refractivity (Wildman–Crippen MR) is 73.1 cm³/mol. The van der Waals surface area contributed by atoms with E-state index in [0.29, 0.717) is 12.6 Å². The lowest BCUT2D eigenvalue weighted by molar-refractivity contribution is -0.134. The maximum absolute atomic E-state index is 12.1. The van der Waals surface area contributed by atoms with Crippen LogP contribution in [0.1, 0.15) is 25.3 Å². The molecule has 4 heteroatoms. The molecule has 0 aliphatic heterocycles. The zero-order chi connectivity index (χ0) is 13.7. The zero-order valence-corrected chi connectivity index (χ0v) is 11.3. The van der Waals surface area contributed by atoms with Crippen LogP contribution in [0.3, 0.4) is 0 Å². The molecule has 1 aromatic rings. The van der Waals surface area contributed by atoms with Crippen molar-refractivity contribution in [3.05, 3.63) is 29.8 Å². The standard InChI is InChI=1S/C15H21NO3/c1-2-12-5-3-4-6-14(12)19-11-15(18)16(9-10-17)13-7-8-13/h3-6,13,17H,2,7-11H2,1H3. The van der Waals surface area contributed by atoms with Gasteiger partial charge in [0.25, 0.3) is 5.91 Å². The minimum atomic E-state index is -0.0394. The van der Waals surface area contributed by atoms with Crippen molar-refractivity contribution in [1.82, 2.24) is 4.90 Å². The summed E-state index contributed by atoms with van der Waals surface area (Å²) in [5, 5.41) is 8.99. The van der Waals surface area contributed by atoms with Crippen molar-refractivity contribution in [2.75, 3.05) is 19.8 Å². The van der Waals surface area contributed by atoms with Crippen LogP contribution in [0.2, 0.25) is 0 Å². The van der Waals surface area contributed by atoms with Gasteiger partial charge in [0, 0.05) is 12.6 Å². The highest BCUT2D eigenvalue weighted by atomic mass is 16.5. The molecular weight excluding hydrogens is 242 g/mol. The fraction of sp³-hybridized carbons (Fsp3) is 0.533. The number of carbonyl (C=O) groups is 1. The Morgan fingerprint density at radius 2 is 2.16 bits per heavy atom. The van der Waals surface area contributed by atoms with Crippen molar-refractivity contribution in [2.24, 2.45) is 0 Å². The Morgan fingerprint density at radius 3 is 2.79 bits per heavy atom. The summed E-state index contributed by atoms with van der Waals surface area (Å²) in [7, 11) is 0. The van der Waals surface area contributed by atoms with Crippen LogP contribution in [-0.4, -0.2) is 41.7 Å². The van der Waals surface area contributed by atoms with Crippen LogP contribution in [-0.2, 0) is 11.2 Å². The zero-order valence-electron chi connectivity index (χ0n) is 11.3. The van der Waals surface area contributed by atoms with E-state index in [1.165, 1.54) is 0 Å². The number of aryl methyl sites for hydroxylation is 1. The van der Waals surface area contributed by atoms with Gasteiger partial charge in [-0.15, -0.1) is 0 Å². The topological polar surface area (TPSA) is 49.8 Å². The first kappa shape index (κ1) is 13.9. The molecule has 1 fully saturated rings. The highest BCUT2D eigenvalue weighted by Crippen LogP contribution is 2.27. The van der Waals surface area contributed by atoms with Gasteiger partial charge in [-0.3, -0.25) is 4.79 Å². The third-order valence-corrected chi connectivity index (χ3v) is 3.35. The molecule has 19 heavy (non-hydrogen) atoms. The number of aliphatic hydroxyl groups is 1. The van der Waals surface area contributed by atoms with Crippen LogP contribution in [0.5, 0.6) is 5.75 Å². The summed E-state index contributed by atoms with van der Waals surface area (Å²) in [5.41, 5.74) is 1.11. The molecule has 0 spiro atoms. The Morgan fingerprint density at radius 1 is 1.42 bits per heavy atom. The Bertz CT molecular complexity index is 429. The number of amides is 1. The third kappa shape index (κ3) is 3.70. The molecule has 0 bridgehead atoms. The van der Waals surface area contributed by atoms with E-state index in [0.717, 1.165) is 30.6 Å². The van der Waals surface area contributed by atoms with Crippen LogP contribution in [0.15, 0.2) is 24.3 Å². The Labute approximate surface area is 114 Å². The molecule has 1 aliphatic carbocycles. The lowest BCUT2D eigenvalue weighted by Crippen LogP contribution is -2.38. The van der Waals surface area contributed by atoms with Gasteiger partial charge in [0.1, 0.15) is 5.75 Å². The molecular formula is C15H21NO3. The van der Waals surface area contributed by atoms with Crippen LogP contribution in [0.25, 0.3) is 0 Å². The molecule has 0 unspecified atom stereocenters. The van der Waals surface area contributed by atoms with E-state index in [1.54, 1.807) is 4.90 Å². The SMILES string of the molecule is CCc1ccccc1OCC(=O)N(CCO)C1CC1. The Balaban J connectivity index is 1.91. The van der Waals surface area contributed by atoms with Crippen LogP contribution < -0.4 is 4.74 Å². The molecule has 1 aromatic carbocycles. The summed E-state index contributed by atoms with van der Waals surface area (Å²) in [5.74, 6) is 0.737. The predicted octanol–water partition coefficient (Wildman–Crippen LogP) is 1.61. The number of benzene rings is 1. The van der Waals surface area contributed by atoms with Crippen molar-refractivity contribution in [2.45, 2.75) is 32.2 Å². The fourth-order valence-corrected chi connectivity index (χ4v) is 2.16. The number of ether oxygens (including phenoxy) is 1. The highest BCUT2D eigenvalue weighted by Gasteiger charge is 2.32. The highest BCUT2D eigenvalue weighted by molar-refractivity contribution is 5.78. The minimum Gasteiger partial charge on any atom is -0.483 e. The monoisotopic (exact) mass is 263 g/mol. The number of para-hydroxylation sites is 1. The largest absolute Gasteiger partial charge is 0.483 e. The van der Waals surface area contributed by atoms with Crippen LogP contribution in [0, 0.1) is 0 Å². The molecule has 0 saturated heterocycles. The lowest BCUT2D eigenvalue weighted by Gasteiger charge is -2.21. The van der Waals surface area contributed by atoms with Crippen molar-refractivity contribution < 1.29 is 14.6 Å². The molecule has 2 rings (SSSR count). The third-order valence-electron chi connectivity index (χ3n) is 3.35. The van der Waals surface area contributed by atoms with Gasteiger partial charge < -0.3 is 14.7 Å². The van der Waals surface area contributed by atoms with Gasteiger partial charge in [-0.2, -0.15) is 0 Å². The van der Waals surface area contributed by atoms with Crippen molar-refractivity contribution >= 4 is 5.91 Å². The summed E-state index contributed by atoms with van der Waals surface area (Å²) >= 11 is 0. The molecule has 1 aliphatic rings. The molecule has 4 nitrogen and oxygen atoms in total. The van der Waals surface area contributed by atoms with Gasteiger partial charge in [-0.25, -0.2) is 0 Å². The van der Waals surface area contributed by atoms with E-state index in [2.05, 4.69) is 6.92 Å². The maximum Gasteiger partial charge on any atom is 0.260 e. The van der Waals surface area contributed by atoms with Crippen molar-refractivity contribution in [1.29, 1.82) is 0 Å². The quantitative estimate of drug-likeness (QED) is 0.813. The van der Waals surface area contributed by atoms with Gasteiger partial charge in [-0.05, 0) is 30.9 Å². The summed E-state index contributed by atoms with van der Waals surface area (Å²) in [6.07, 6.45) is 2.96. The molecule has 0 heterocycles. The molecule has 1 saturated carbocycles. The molecule has 104 valence electrons. The molecule has 0 aromatic heterocycles. The summed E-state index contributed by atoms with van der Waals surface area (Å²) < 4.78 is 5.62.